The number of anilines is 3. The fourth-order valence-electron chi connectivity index (χ4n) is 4.86. The molecule has 10 nitrogen and oxygen atoms in total. The van der Waals surface area contributed by atoms with Crippen LogP contribution in [0, 0.1) is 5.92 Å². The molecule has 216 valence electrons. The summed E-state index contributed by atoms with van der Waals surface area (Å²) in [7, 11) is 1.79. The van der Waals surface area contributed by atoms with Gasteiger partial charge < -0.3 is 20.7 Å². The summed E-state index contributed by atoms with van der Waals surface area (Å²) in [4.78, 5) is 19.5. The van der Waals surface area contributed by atoms with Crippen molar-refractivity contribution in [2.45, 2.75) is 38.7 Å². The van der Waals surface area contributed by atoms with Gasteiger partial charge in [0.25, 0.3) is 0 Å². The van der Waals surface area contributed by atoms with Gasteiger partial charge in [-0.25, -0.2) is 28.4 Å². The first kappa shape index (κ1) is 28.5. The monoisotopic (exact) mass is 583 g/mol. The molecule has 5 rings (SSSR count). The number of nitrogens with one attached hydrogen (secondary N) is 1. The third-order valence-electron chi connectivity index (χ3n) is 6.85. The van der Waals surface area contributed by atoms with Crippen LogP contribution in [0.4, 0.5) is 26.0 Å². The number of nitrogen functional groups attached to an aromatic ring is 1. The van der Waals surface area contributed by atoms with Crippen molar-refractivity contribution in [1.29, 1.82) is 0 Å². The van der Waals surface area contributed by atoms with Gasteiger partial charge in [0.15, 0.2) is 5.82 Å². The molecule has 1 aliphatic heterocycles. The Morgan fingerprint density at radius 2 is 1.93 bits per heavy atom. The van der Waals surface area contributed by atoms with Crippen LogP contribution in [0.25, 0.3) is 22.6 Å². The minimum absolute atomic E-state index is 0.00236. The van der Waals surface area contributed by atoms with Crippen LogP contribution < -0.4 is 20.7 Å². The number of aromatic nitrogens is 6. The molecule has 0 aromatic carbocycles. The van der Waals surface area contributed by atoms with Crippen LogP contribution in [-0.2, 0) is 7.05 Å². The first-order valence-corrected chi connectivity index (χ1v) is 13.7. The molecule has 1 atom stereocenters. The maximum Gasteiger partial charge on any atom is 0.245 e. The predicted octanol–water partition coefficient (Wildman–Crippen LogP) is 5.32. The highest BCUT2D eigenvalue weighted by Crippen LogP contribution is 2.35. The molecule has 0 spiro atoms. The van der Waals surface area contributed by atoms with E-state index in [9.17, 15) is 8.78 Å². The van der Waals surface area contributed by atoms with Gasteiger partial charge in [-0.3, -0.25) is 4.98 Å². The van der Waals surface area contributed by atoms with Gasteiger partial charge in [-0.1, -0.05) is 11.6 Å². The Morgan fingerprint density at radius 3 is 2.68 bits per heavy atom. The Kier molecular flexibility index (Phi) is 8.20. The Bertz CT molecular complexity index is 1500. The summed E-state index contributed by atoms with van der Waals surface area (Å²) in [5.41, 5.74) is 9.69. The van der Waals surface area contributed by atoms with E-state index in [1.807, 2.05) is 19.1 Å². The average molecular weight is 584 g/mol. The Hall–Kier alpha value is -4.06. The molecule has 1 saturated heterocycles. The lowest BCUT2D eigenvalue weighted by Crippen LogP contribution is -2.48. The third kappa shape index (κ3) is 6.99. The zero-order valence-electron chi connectivity index (χ0n) is 23.1. The van der Waals surface area contributed by atoms with E-state index in [-0.39, 0.29) is 18.4 Å². The number of hydrogen-bond donors (Lipinski definition) is 2. The number of nitrogens with two attached hydrogens (primary N) is 1. The molecule has 0 saturated carbocycles. The summed E-state index contributed by atoms with van der Waals surface area (Å²) < 4.78 is 34.5. The average Bonchev–Trinajstić information content (AvgIpc) is 3.26. The maximum absolute atomic E-state index is 13.4. The van der Waals surface area contributed by atoms with Gasteiger partial charge in [-0.15, -0.1) is 0 Å². The lowest BCUT2D eigenvalue weighted by atomic mass is 9.93. The summed E-state index contributed by atoms with van der Waals surface area (Å²) in [6.45, 7) is 4.60. The second-order valence-corrected chi connectivity index (χ2v) is 10.9. The second kappa shape index (κ2) is 11.8. The lowest BCUT2D eigenvalue weighted by molar-refractivity contribution is -0.00733. The molecule has 1 fully saturated rings. The highest BCUT2D eigenvalue weighted by atomic mass is 35.5. The van der Waals surface area contributed by atoms with Crippen molar-refractivity contribution in [3.8, 4) is 28.5 Å². The number of aryl methyl sites for hydroxylation is 1. The summed E-state index contributed by atoms with van der Waals surface area (Å²) in [5.74, 6) is -1.31. The van der Waals surface area contributed by atoms with Crippen LogP contribution in [-0.4, -0.2) is 61.4 Å². The first-order chi connectivity index (χ1) is 19.6. The summed E-state index contributed by atoms with van der Waals surface area (Å²) in [5, 5.41) is 8.14. The highest BCUT2D eigenvalue weighted by Gasteiger charge is 2.35. The topological polar surface area (TPSA) is 120 Å². The van der Waals surface area contributed by atoms with E-state index in [4.69, 9.17) is 22.1 Å². The van der Waals surface area contributed by atoms with E-state index in [1.54, 1.807) is 48.6 Å². The summed E-state index contributed by atoms with van der Waals surface area (Å²) in [6.07, 6.45) is 7.21. The Balaban J connectivity index is 1.24. The number of ether oxygens (including phenoxy) is 1. The second-order valence-electron chi connectivity index (χ2n) is 10.5. The van der Waals surface area contributed by atoms with E-state index in [1.165, 1.54) is 0 Å². The maximum atomic E-state index is 13.4. The molecular formula is C28H32ClF2N9O. The van der Waals surface area contributed by atoms with Crippen molar-refractivity contribution in [1.82, 2.24) is 29.7 Å². The zero-order chi connectivity index (χ0) is 29.1. The normalized spacial score (nSPS) is 14.5. The van der Waals surface area contributed by atoms with Crippen molar-refractivity contribution >= 4 is 28.8 Å². The summed E-state index contributed by atoms with van der Waals surface area (Å²) in [6, 6.07) is 7.23. The molecule has 4 aromatic heterocycles. The summed E-state index contributed by atoms with van der Waals surface area (Å²) >= 11 is 6.25. The van der Waals surface area contributed by atoms with Crippen molar-refractivity contribution < 1.29 is 13.5 Å². The van der Waals surface area contributed by atoms with E-state index in [0.29, 0.717) is 60.0 Å². The van der Waals surface area contributed by atoms with Crippen LogP contribution in [0.1, 0.15) is 26.7 Å². The number of rotatable bonds is 11. The molecular weight excluding hydrogens is 552 g/mol. The van der Waals surface area contributed by atoms with Gasteiger partial charge in [0, 0.05) is 74.5 Å². The van der Waals surface area contributed by atoms with E-state index in [2.05, 4.69) is 35.3 Å². The first-order valence-electron chi connectivity index (χ1n) is 13.3. The molecule has 0 bridgehead atoms. The molecule has 0 radical (unpaired) electrons. The van der Waals surface area contributed by atoms with Crippen LogP contribution in [0.5, 0.6) is 5.88 Å². The van der Waals surface area contributed by atoms with Gasteiger partial charge in [-0.2, -0.15) is 5.10 Å². The minimum Gasteiger partial charge on any atom is -0.477 e. The molecule has 4 aromatic rings. The van der Waals surface area contributed by atoms with Crippen LogP contribution in [0.15, 0.2) is 49.1 Å². The van der Waals surface area contributed by atoms with E-state index in [0.717, 1.165) is 23.9 Å². The fraction of sp³-hybridized carbons (Fsp3) is 0.393. The van der Waals surface area contributed by atoms with Crippen molar-refractivity contribution in [2.24, 2.45) is 13.0 Å². The predicted molar refractivity (Wildman–Crippen MR) is 155 cm³/mol. The van der Waals surface area contributed by atoms with Gasteiger partial charge >= 0.3 is 0 Å². The number of pyridine rings is 2. The molecule has 13 heteroatoms. The SMILES string of the molecule is C[C@@H](CCOc1c(-c2nccc(N)n2)cnn1C)Nc1cc(Cl)ncc1-c1cc(N2CC(CC(C)(F)F)C2)ccn1. The quantitative estimate of drug-likeness (QED) is 0.226. The molecule has 0 unspecified atom stereocenters. The van der Waals surface area contributed by atoms with Gasteiger partial charge in [-0.05, 0) is 44.0 Å². The zero-order valence-corrected chi connectivity index (χ0v) is 23.8. The fourth-order valence-corrected chi connectivity index (χ4v) is 5.01. The van der Waals surface area contributed by atoms with Crippen LogP contribution >= 0.6 is 11.6 Å². The largest absolute Gasteiger partial charge is 0.477 e. The number of halogens is 3. The molecule has 5 heterocycles. The molecule has 1 aliphatic rings. The molecule has 0 aliphatic carbocycles. The molecule has 41 heavy (non-hydrogen) atoms. The third-order valence-corrected chi connectivity index (χ3v) is 7.06. The Morgan fingerprint density at radius 1 is 1.15 bits per heavy atom. The number of hydrogen-bond acceptors (Lipinski definition) is 9. The number of alkyl halides is 2. The Labute approximate surface area is 241 Å². The number of nitrogens with zero attached hydrogens (tertiary/aromatic N) is 7. The van der Waals surface area contributed by atoms with Crippen LogP contribution in [0.2, 0.25) is 5.15 Å². The standard InChI is InChI=1S/C28H32ClF2N9O/c1-17(6-9-41-27-21(14-36-39(27)3)26-34-8-5-25(32)38-26)37-23-11-24(29)35-13-20(23)22-10-19(4-7-33-22)40-15-18(16-40)12-28(2,30)31/h4-5,7-8,10-11,13-14,17-18H,6,9,12,15-16H2,1-3H3,(H,35,37)(H2,32,34,38)/t17-/m0/s1. The van der Waals surface area contributed by atoms with Gasteiger partial charge in [0.2, 0.25) is 11.8 Å². The smallest absolute Gasteiger partial charge is 0.245 e. The van der Waals surface area contributed by atoms with Crippen molar-refractivity contribution in [3.05, 3.63) is 54.2 Å². The van der Waals surface area contributed by atoms with Crippen molar-refractivity contribution in [2.75, 3.05) is 35.6 Å². The van der Waals surface area contributed by atoms with Crippen LogP contribution in [0.3, 0.4) is 0 Å². The minimum atomic E-state index is -2.65. The van der Waals surface area contributed by atoms with E-state index < -0.39 is 5.92 Å². The van der Waals surface area contributed by atoms with E-state index >= 15 is 0 Å². The van der Waals surface area contributed by atoms with Crippen molar-refractivity contribution in [3.63, 3.8) is 0 Å². The molecule has 0 amide bonds. The van der Waals surface area contributed by atoms with Gasteiger partial charge in [0.1, 0.15) is 16.5 Å². The highest BCUT2D eigenvalue weighted by molar-refractivity contribution is 6.29. The van der Waals surface area contributed by atoms with Gasteiger partial charge in [0.05, 0.1) is 18.5 Å². The molecule has 3 N–H and O–H groups in total. The lowest BCUT2D eigenvalue weighted by Gasteiger charge is -2.42.